The van der Waals surface area contributed by atoms with Gasteiger partial charge < -0.3 is 14.7 Å². The van der Waals surface area contributed by atoms with Gasteiger partial charge in [0, 0.05) is 24.1 Å². The zero-order valence-corrected chi connectivity index (χ0v) is 14.1. The number of benzene rings is 1. The van der Waals surface area contributed by atoms with Crippen molar-refractivity contribution in [2.24, 2.45) is 11.8 Å². The van der Waals surface area contributed by atoms with Crippen LogP contribution in [0.4, 0.5) is 0 Å². The quantitative estimate of drug-likeness (QED) is 0.932. The van der Waals surface area contributed by atoms with Crippen LogP contribution in [0, 0.1) is 11.8 Å². The zero-order valence-electron chi connectivity index (χ0n) is 14.1. The average Bonchev–Trinajstić information content (AvgIpc) is 3.06. The summed E-state index contributed by atoms with van der Waals surface area (Å²) in [5.74, 6) is 1.71. The van der Waals surface area contributed by atoms with Gasteiger partial charge in [-0.2, -0.15) is 0 Å². The summed E-state index contributed by atoms with van der Waals surface area (Å²) >= 11 is 0. The lowest BCUT2D eigenvalue weighted by atomic mass is 9.76. The van der Waals surface area contributed by atoms with Gasteiger partial charge in [0.05, 0.1) is 13.2 Å². The zero-order chi connectivity index (χ0) is 16.4. The van der Waals surface area contributed by atoms with Crippen molar-refractivity contribution in [3.8, 4) is 5.75 Å². The van der Waals surface area contributed by atoms with Crippen molar-refractivity contribution < 1.29 is 14.6 Å². The summed E-state index contributed by atoms with van der Waals surface area (Å²) in [6, 6.07) is 7.50. The van der Waals surface area contributed by atoms with Gasteiger partial charge in [0.1, 0.15) is 5.75 Å². The van der Waals surface area contributed by atoms with E-state index in [0.29, 0.717) is 11.5 Å². The molecular weight excluding hydrogens is 290 g/mol. The van der Waals surface area contributed by atoms with Gasteiger partial charge in [0.25, 0.3) is 5.91 Å². The van der Waals surface area contributed by atoms with Crippen LogP contribution in [-0.2, 0) is 0 Å². The van der Waals surface area contributed by atoms with E-state index in [1.807, 2.05) is 29.2 Å². The SMILES string of the molecule is COc1ccc(C(=O)N2CCC[C@@H]2[C@@H]2C[C@H](C)CC[C@H]2O)cc1. The fraction of sp³-hybridized carbons (Fsp3) is 0.632. The first-order chi connectivity index (χ1) is 11.1. The van der Waals surface area contributed by atoms with Crippen LogP contribution in [0.1, 0.15) is 49.4 Å². The van der Waals surface area contributed by atoms with E-state index < -0.39 is 0 Å². The number of amides is 1. The molecule has 2 aliphatic rings. The molecule has 4 heteroatoms. The molecule has 1 N–H and O–H groups in total. The Morgan fingerprint density at radius 1 is 1.22 bits per heavy atom. The fourth-order valence-electron chi connectivity index (χ4n) is 4.21. The number of hydrogen-bond acceptors (Lipinski definition) is 3. The van der Waals surface area contributed by atoms with Crippen molar-refractivity contribution in [2.45, 2.75) is 51.2 Å². The van der Waals surface area contributed by atoms with Gasteiger partial charge in [-0.25, -0.2) is 0 Å². The normalized spacial score (nSPS) is 31.2. The second-order valence-corrected chi connectivity index (χ2v) is 7.09. The van der Waals surface area contributed by atoms with E-state index in [2.05, 4.69) is 6.92 Å². The number of carbonyl (C=O) groups is 1. The summed E-state index contributed by atoms with van der Waals surface area (Å²) in [5.41, 5.74) is 0.705. The highest BCUT2D eigenvalue weighted by Crippen LogP contribution is 2.37. The molecule has 0 spiro atoms. The van der Waals surface area contributed by atoms with Crippen LogP contribution < -0.4 is 4.74 Å². The van der Waals surface area contributed by atoms with Crippen molar-refractivity contribution in [2.75, 3.05) is 13.7 Å². The van der Waals surface area contributed by atoms with E-state index in [1.54, 1.807) is 7.11 Å². The number of ether oxygens (including phenoxy) is 1. The molecule has 1 aromatic rings. The summed E-state index contributed by atoms with van der Waals surface area (Å²) in [4.78, 5) is 14.9. The smallest absolute Gasteiger partial charge is 0.254 e. The largest absolute Gasteiger partial charge is 0.497 e. The molecule has 4 nitrogen and oxygen atoms in total. The Hall–Kier alpha value is -1.55. The van der Waals surface area contributed by atoms with Crippen LogP contribution in [-0.4, -0.2) is 41.7 Å². The number of rotatable bonds is 3. The van der Waals surface area contributed by atoms with E-state index in [-0.39, 0.29) is 24.0 Å². The molecule has 1 saturated heterocycles. The molecule has 1 amide bonds. The van der Waals surface area contributed by atoms with E-state index >= 15 is 0 Å². The van der Waals surface area contributed by atoms with Gasteiger partial charge in [0.15, 0.2) is 0 Å². The molecule has 1 aliphatic heterocycles. The summed E-state index contributed by atoms with van der Waals surface area (Å²) in [7, 11) is 1.62. The van der Waals surface area contributed by atoms with Crippen LogP contribution in [0.3, 0.4) is 0 Å². The highest BCUT2D eigenvalue weighted by molar-refractivity contribution is 5.94. The van der Waals surface area contributed by atoms with Crippen LogP contribution >= 0.6 is 0 Å². The van der Waals surface area contributed by atoms with Crippen LogP contribution in [0.15, 0.2) is 24.3 Å². The minimum absolute atomic E-state index is 0.0839. The second kappa shape index (κ2) is 6.91. The van der Waals surface area contributed by atoms with E-state index in [0.717, 1.165) is 44.4 Å². The lowest BCUT2D eigenvalue weighted by molar-refractivity contribution is 0.00860. The van der Waals surface area contributed by atoms with Crippen molar-refractivity contribution >= 4 is 5.91 Å². The molecular formula is C19H27NO3. The first-order valence-corrected chi connectivity index (χ1v) is 8.73. The number of carbonyl (C=O) groups excluding carboxylic acids is 1. The Kier molecular flexibility index (Phi) is 4.90. The average molecular weight is 317 g/mol. The molecule has 0 radical (unpaired) electrons. The number of likely N-dealkylation sites (tertiary alicyclic amines) is 1. The minimum Gasteiger partial charge on any atom is -0.497 e. The highest BCUT2D eigenvalue weighted by Gasteiger charge is 2.40. The molecule has 126 valence electrons. The van der Waals surface area contributed by atoms with E-state index in [4.69, 9.17) is 4.74 Å². The van der Waals surface area contributed by atoms with Crippen molar-refractivity contribution in [3.05, 3.63) is 29.8 Å². The first kappa shape index (κ1) is 16.3. The van der Waals surface area contributed by atoms with Crippen molar-refractivity contribution in [3.63, 3.8) is 0 Å². The number of aliphatic hydroxyl groups excluding tert-OH is 1. The molecule has 1 aliphatic carbocycles. The lowest BCUT2D eigenvalue weighted by Crippen LogP contribution is -2.46. The monoisotopic (exact) mass is 317 g/mol. The first-order valence-electron chi connectivity index (χ1n) is 8.73. The maximum Gasteiger partial charge on any atom is 0.254 e. The Balaban J connectivity index is 1.76. The van der Waals surface area contributed by atoms with Crippen LogP contribution in [0.2, 0.25) is 0 Å². The predicted molar refractivity (Wildman–Crippen MR) is 89.6 cm³/mol. The van der Waals surface area contributed by atoms with E-state index in [9.17, 15) is 9.90 Å². The molecule has 2 fully saturated rings. The van der Waals surface area contributed by atoms with Gasteiger partial charge >= 0.3 is 0 Å². The second-order valence-electron chi connectivity index (χ2n) is 7.09. The maximum atomic E-state index is 12.9. The summed E-state index contributed by atoms with van der Waals surface area (Å²) in [6.45, 7) is 3.05. The minimum atomic E-state index is -0.263. The standard InChI is InChI=1S/C19H27NO3/c1-13-5-10-18(21)16(12-13)17-4-3-11-20(17)19(22)14-6-8-15(23-2)9-7-14/h6-9,13,16-18,21H,3-5,10-12H2,1-2H3/t13-,16+,17-,18-/m1/s1. The third-order valence-corrected chi connectivity index (χ3v) is 5.52. The molecule has 0 bridgehead atoms. The molecule has 4 atom stereocenters. The number of nitrogens with zero attached hydrogens (tertiary/aromatic N) is 1. The summed E-state index contributed by atoms with van der Waals surface area (Å²) < 4.78 is 5.16. The third-order valence-electron chi connectivity index (χ3n) is 5.52. The van der Waals surface area contributed by atoms with Crippen LogP contribution in [0.25, 0.3) is 0 Å². The van der Waals surface area contributed by atoms with Gasteiger partial charge in [0.2, 0.25) is 0 Å². The Labute approximate surface area is 138 Å². The Morgan fingerprint density at radius 2 is 1.96 bits per heavy atom. The van der Waals surface area contributed by atoms with Gasteiger partial charge in [-0.1, -0.05) is 6.92 Å². The molecule has 1 heterocycles. The lowest BCUT2D eigenvalue weighted by Gasteiger charge is -2.39. The van der Waals surface area contributed by atoms with Gasteiger partial charge in [-0.15, -0.1) is 0 Å². The summed E-state index contributed by atoms with van der Waals surface area (Å²) in [5, 5.41) is 10.4. The fourth-order valence-corrected chi connectivity index (χ4v) is 4.21. The highest BCUT2D eigenvalue weighted by atomic mass is 16.5. The third kappa shape index (κ3) is 3.37. The van der Waals surface area contributed by atoms with E-state index in [1.165, 1.54) is 0 Å². The van der Waals surface area contributed by atoms with Crippen LogP contribution in [0.5, 0.6) is 5.75 Å². The molecule has 1 saturated carbocycles. The topological polar surface area (TPSA) is 49.8 Å². The molecule has 3 rings (SSSR count). The predicted octanol–water partition coefficient (Wildman–Crippen LogP) is 3.10. The van der Waals surface area contributed by atoms with Crippen molar-refractivity contribution in [1.29, 1.82) is 0 Å². The number of methoxy groups -OCH3 is 1. The van der Waals surface area contributed by atoms with Crippen molar-refractivity contribution in [1.82, 2.24) is 4.90 Å². The Morgan fingerprint density at radius 3 is 2.65 bits per heavy atom. The Bertz CT molecular complexity index is 542. The molecule has 0 unspecified atom stereocenters. The molecule has 1 aromatic carbocycles. The molecule has 23 heavy (non-hydrogen) atoms. The number of hydrogen-bond donors (Lipinski definition) is 1. The van der Waals surface area contributed by atoms with Gasteiger partial charge in [-0.05, 0) is 62.3 Å². The number of aliphatic hydroxyl groups is 1. The summed E-state index contributed by atoms with van der Waals surface area (Å²) in [6.07, 6.45) is 4.77. The molecule has 0 aromatic heterocycles. The maximum absolute atomic E-state index is 12.9. The van der Waals surface area contributed by atoms with Gasteiger partial charge in [-0.3, -0.25) is 4.79 Å².